The normalized spacial score (nSPS) is 15.2. The lowest BCUT2D eigenvalue weighted by atomic mass is 9.85. The van der Waals surface area contributed by atoms with E-state index in [4.69, 9.17) is 9.84 Å². The van der Waals surface area contributed by atoms with Crippen LogP contribution in [0, 0.1) is 11.3 Å². The number of aliphatic hydroxyl groups excluding tert-OH is 1. The number of aromatic nitrogens is 2. The van der Waals surface area contributed by atoms with Gasteiger partial charge in [-0.2, -0.15) is 5.26 Å². The molecule has 0 unspecified atom stereocenters. The van der Waals surface area contributed by atoms with Crippen LogP contribution >= 0.6 is 11.3 Å². The van der Waals surface area contributed by atoms with Crippen molar-refractivity contribution in [3.05, 3.63) is 53.1 Å². The zero-order chi connectivity index (χ0) is 22.7. The molecule has 32 heavy (non-hydrogen) atoms. The number of carbonyl (C=O) groups is 1. The Morgan fingerprint density at radius 1 is 1.31 bits per heavy atom. The lowest BCUT2D eigenvalue weighted by molar-refractivity contribution is -0.124. The number of nitriles is 1. The molecule has 4 rings (SSSR count). The lowest BCUT2D eigenvalue weighted by Crippen LogP contribution is -2.32. The van der Waals surface area contributed by atoms with E-state index in [1.54, 1.807) is 12.1 Å². The van der Waals surface area contributed by atoms with Crippen LogP contribution in [0.25, 0.3) is 21.1 Å². The minimum absolute atomic E-state index is 0.0173. The van der Waals surface area contributed by atoms with Gasteiger partial charge in [-0.15, -0.1) is 10.2 Å². The summed E-state index contributed by atoms with van der Waals surface area (Å²) in [4.78, 5) is 11.7. The van der Waals surface area contributed by atoms with Crippen LogP contribution in [0.1, 0.15) is 49.4 Å². The maximum Gasteiger partial charge on any atom is 0.246 e. The Hall–Kier alpha value is -3.28. The number of fused-ring (bicyclic) bond motifs is 1. The molecule has 0 spiro atoms. The van der Waals surface area contributed by atoms with Crippen LogP contribution in [-0.4, -0.2) is 33.9 Å². The molecular weight excluding hydrogens is 424 g/mol. The number of aliphatic hydroxyl groups is 1. The molecule has 2 N–H and O–H groups in total. The third kappa shape index (κ3) is 4.49. The number of hydrogen-bond acceptors (Lipinski definition) is 7. The molecular formula is C24H24N4O3S. The largest absolute Gasteiger partial charge is 0.490 e. The van der Waals surface area contributed by atoms with Gasteiger partial charge in [-0.3, -0.25) is 4.79 Å². The van der Waals surface area contributed by atoms with Crippen molar-refractivity contribution in [3.63, 3.8) is 0 Å². The summed E-state index contributed by atoms with van der Waals surface area (Å²) in [6, 6.07) is 13.6. The highest BCUT2D eigenvalue weighted by atomic mass is 32.1. The van der Waals surface area contributed by atoms with Crippen LogP contribution in [0.4, 0.5) is 0 Å². The molecule has 1 atom stereocenters. The molecule has 8 heteroatoms. The summed E-state index contributed by atoms with van der Waals surface area (Å²) in [7, 11) is 0. The third-order valence-electron chi connectivity index (χ3n) is 5.35. The van der Waals surface area contributed by atoms with Gasteiger partial charge in [-0.25, -0.2) is 0 Å². The molecule has 0 aliphatic heterocycles. The van der Waals surface area contributed by atoms with Crippen molar-refractivity contribution in [2.45, 2.75) is 45.3 Å². The van der Waals surface area contributed by atoms with Gasteiger partial charge in [0.15, 0.2) is 0 Å². The fourth-order valence-corrected chi connectivity index (χ4v) is 4.89. The molecule has 3 aromatic rings. The first-order valence-corrected chi connectivity index (χ1v) is 11.4. The first-order valence-electron chi connectivity index (χ1n) is 10.6. The summed E-state index contributed by atoms with van der Waals surface area (Å²) in [5.74, 6) is 0.189. The van der Waals surface area contributed by atoms with Gasteiger partial charge in [0.25, 0.3) is 0 Å². The van der Waals surface area contributed by atoms with Gasteiger partial charge in [-0.1, -0.05) is 29.5 Å². The van der Waals surface area contributed by atoms with Gasteiger partial charge in [0.05, 0.1) is 17.7 Å². The zero-order valence-corrected chi connectivity index (χ0v) is 18.8. The second-order valence-corrected chi connectivity index (χ2v) is 8.92. The number of ether oxygens (including phenoxy) is 1. The fraction of sp³-hybridized carbons (Fsp3) is 0.333. The summed E-state index contributed by atoms with van der Waals surface area (Å²) in [5.41, 5.74) is 4.51. The second kappa shape index (κ2) is 9.47. The van der Waals surface area contributed by atoms with Gasteiger partial charge in [0, 0.05) is 11.1 Å². The second-order valence-electron chi connectivity index (χ2n) is 7.95. The number of benzene rings is 2. The summed E-state index contributed by atoms with van der Waals surface area (Å²) < 4.78 is 5.71. The highest BCUT2D eigenvalue weighted by Crippen LogP contribution is 2.39. The third-order valence-corrected chi connectivity index (χ3v) is 6.36. The molecule has 0 radical (unpaired) electrons. The van der Waals surface area contributed by atoms with Crippen molar-refractivity contribution < 1.29 is 14.6 Å². The van der Waals surface area contributed by atoms with E-state index in [1.165, 1.54) is 11.3 Å². The Balaban J connectivity index is 1.66. The lowest BCUT2D eigenvalue weighted by Gasteiger charge is -2.27. The maximum absolute atomic E-state index is 11.7. The van der Waals surface area contributed by atoms with Crippen molar-refractivity contribution in [1.29, 1.82) is 5.26 Å². The minimum Gasteiger partial charge on any atom is -0.490 e. The zero-order valence-electron chi connectivity index (χ0n) is 18.0. The van der Waals surface area contributed by atoms with Gasteiger partial charge in [0.2, 0.25) is 5.91 Å². The molecule has 1 amide bonds. The summed E-state index contributed by atoms with van der Waals surface area (Å²) in [6.07, 6.45) is 2.66. The SMILES string of the molecule is CC(C)Oc1ccc(-c2nnc(-c3cccc4c3CCC[C@H]4NC(=O)CO)s2)cc1C#N. The van der Waals surface area contributed by atoms with Crippen molar-refractivity contribution >= 4 is 17.2 Å². The summed E-state index contributed by atoms with van der Waals surface area (Å²) in [5, 5.41) is 31.8. The molecule has 0 fully saturated rings. The Morgan fingerprint density at radius 3 is 2.88 bits per heavy atom. The van der Waals surface area contributed by atoms with E-state index in [0.717, 1.165) is 51.5 Å². The van der Waals surface area contributed by atoms with Crippen LogP contribution in [0.2, 0.25) is 0 Å². The number of nitrogens with zero attached hydrogens (tertiary/aromatic N) is 3. The minimum atomic E-state index is -0.517. The molecule has 0 bridgehead atoms. The van der Waals surface area contributed by atoms with Gasteiger partial charge in [-0.05, 0) is 62.4 Å². The molecule has 0 saturated heterocycles. The Bertz CT molecular complexity index is 1180. The Morgan fingerprint density at radius 2 is 2.12 bits per heavy atom. The van der Waals surface area contributed by atoms with Gasteiger partial charge < -0.3 is 15.2 Å². The molecule has 1 heterocycles. The monoisotopic (exact) mass is 448 g/mol. The van der Waals surface area contributed by atoms with Crippen LogP contribution in [0.15, 0.2) is 36.4 Å². The fourth-order valence-electron chi connectivity index (χ4n) is 3.99. The molecule has 1 aliphatic carbocycles. The van der Waals surface area contributed by atoms with Crippen LogP contribution in [0.3, 0.4) is 0 Å². The topological polar surface area (TPSA) is 108 Å². The van der Waals surface area contributed by atoms with Crippen LogP contribution < -0.4 is 10.1 Å². The number of carbonyl (C=O) groups excluding carboxylic acids is 1. The van der Waals surface area contributed by atoms with E-state index < -0.39 is 6.61 Å². The van der Waals surface area contributed by atoms with E-state index in [2.05, 4.69) is 21.6 Å². The first kappa shape index (κ1) is 21.9. The molecule has 7 nitrogen and oxygen atoms in total. The molecule has 2 aromatic carbocycles. The standard InChI is InChI=1S/C24H24N4O3S/c1-14(2)31-21-10-9-15(11-16(21)12-25)23-27-28-24(32-23)19-7-3-6-18-17(19)5-4-8-20(18)26-22(30)13-29/h3,6-7,9-11,14,20,29H,4-5,8,13H2,1-2H3,(H,26,30)/t20-/m1/s1. The number of amides is 1. The van der Waals surface area contributed by atoms with Crippen LogP contribution in [0.5, 0.6) is 5.75 Å². The number of hydrogen-bond donors (Lipinski definition) is 2. The summed E-state index contributed by atoms with van der Waals surface area (Å²) >= 11 is 1.47. The van der Waals surface area contributed by atoms with Crippen LogP contribution in [-0.2, 0) is 11.2 Å². The van der Waals surface area contributed by atoms with E-state index in [-0.39, 0.29) is 18.1 Å². The predicted octanol–water partition coefficient (Wildman–Crippen LogP) is 4.02. The molecule has 164 valence electrons. The van der Waals surface area contributed by atoms with E-state index >= 15 is 0 Å². The Kier molecular flexibility index (Phi) is 6.49. The highest BCUT2D eigenvalue weighted by Gasteiger charge is 2.25. The van der Waals surface area contributed by atoms with Gasteiger partial charge >= 0.3 is 0 Å². The van der Waals surface area contributed by atoms with Crippen molar-refractivity contribution in [3.8, 4) is 33.0 Å². The van der Waals surface area contributed by atoms with E-state index in [0.29, 0.717) is 11.3 Å². The average Bonchev–Trinajstić information content (AvgIpc) is 3.29. The van der Waals surface area contributed by atoms with Crippen molar-refractivity contribution in [2.24, 2.45) is 0 Å². The predicted molar refractivity (Wildman–Crippen MR) is 122 cm³/mol. The van der Waals surface area contributed by atoms with E-state index in [9.17, 15) is 10.1 Å². The quantitative estimate of drug-likeness (QED) is 0.590. The summed E-state index contributed by atoms with van der Waals surface area (Å²) in [6.45, 7) is 3.33. The molecule has 1 aromatic heterocycles. The number of rotatable bonds is 6. The van der Waals surface area contributed by atoms with E-state index in [1.807, 2.05) is 38.1 Å². The molecule has 0 saturated carbocycles. The Labute approximate surface area is 190 Å². The highest BCUT2D eigenvalue weighted by molar-refractivity contribution is 7.17. The van der Waals surface area contributed by atoms with Crippen molar-refractivity contribution in [1.82, 2.24) is 15.5 Å². The number of nitrogens with one attached hydrogen (secondary N) is 1. The maximum atomic E-state index is 11.7. The average molecular weight is 449 g/mol. The van der Waals surface area contributed by atoms with Gasteiger partial charge in [0.1, 0.15) is 28.4 Å². The smallest absolute Gasteiger partial charge is 0.246 e. The molecule has 1 aliphatic rings. The van der Waals surface area contributed by atoms with Crippen molar-refractivity contribution in [2.75, 3.05) is 6.61 Å². The first-order chi connectivity index (χ1) is 15.5.